The molecule has 0 atom stereocenters. The van der Waals surface area contributed by atoms with Gasteiger partial charge in [-0.3, -0.25) is 4.79 Å². The van der Waals surface area contributed by atoms with E-state index in [0.29, 0.717) is 11.5 Å². The van der Waals surface area contributed by atoms with Gasteiger partial charge >= 0.3 is 0 Å². The minimum atomic E-state index is -0.142. The van der Waals surface area contributed by atoms with Gasteiger partial charge in [0.05, 0.1) is 25.8 Å². The minimum Gasteiger partial charge on any atom is -1.00 e. The Morgan fingerprint density at radius 3 is 2.38 bits per heavy atom. The van der Waals surface area contributed by atoms with E-state index in [-0.39, 0.29) is 23.9 Å². The highest BCUT2D eigenvalue weighted by molar-refractivity contribution is 6.03. The van der Waals surface area contributed by atoms with Gasteiger partial charge in [-0.05, 0) is 57.0 Å². The van der Waals surface area contributed by atoms with Crippen molar-refractivity contribution < 1.29 is 32.0 Å². The molecule has 156 valence electrons. The number of rotatable bonds is 4. The van der Waals surface area contributed by atoms with Gasteiger partial charge in [0, 0.05) is 17.7 Å². The molecule has 2 aromatic rings. The molecule has 0 unspecified atom stereocenters. The zero-order valence-corrected chi connectivity index (χ0v) is 18.6. The van der Waals surface area contributed by atoms with Crippen molar-refractivity contribution in [2.75, 3.05) is 19.5 Å². The molecule has 0 aromatic heterocycles. The first-order valence-corrected chi connectivity index (χ1v) is 9.43. The van der Waals surface area contributed by atoms with Crippen LogP contribution in [0.25, 0.3) is 5.70 Å². The van der Waals surface area contributed by atoms with Crippen LogP contribution in [-0.4, -0.2) is 25.7 Å². The fourth-order valence-corrected chi connectivity index (χ4v) is 3.76. The lowest BCUT2D eigenvalue weighted by atomic mass is 9.85. The Kier molecular flexibility index (Phi) is 6.98. The number of hydrogen-bond acceptors (Lipinski definition) is 3. The first kappa shape index (κ1) is 22.8. The van der Waals surface area contributed by atoms with Crippen molar-refractivity contribution in [1.82, 2.24) is 0 Å². The van der Waals surface area contributed by atoms with Crippen molar-refractivity contribution in [3.8, 4) is 11.5 Å². The van der Waals surface area contributed by atoms with Crippen LogP contribution in [0, 0.1) is 13.8 Å². The predicted molar refractivity (Wildman–Crippen MR) is 112 cm³/mol. The number of hydrogen-bond donors (Lipinski definition) is 2. The SMILES string of the molecule is COc1cc2c(cc1OC)C(=CC(=O)Nc1ccc(C)cc1C)[NH2+]C(C)(C)C2.[Cl-]. The number of ether oxygens (including phenoxy) is 2. The number of quaternary nitrogens is 1. The molecule has 5 nitrogen and oxygen atoms in total. The standard InChI is InChI=1S/C23H28N2O3.ClH/c1-14-7-8-18(15(2)9-14)24-22(26)12-19-17-11-21(28-6)20(27-5)10-16(17)13-23(3,4)25-19;/h7-12,25H,13H2,1-6H3,(H,24,26);1H. The molecule has 0 radical (unpaired) electrons. The van der Waals surface area contributed by atoms with Crippen molar-refractivity contribution in [2.24, 2.45) is 0 Å². The summed E-state index contributed by atoms with van der Waals surface area (Å²) in [5, 5.41) is 5.16. The monoisotopic (exact) mass is 416 g/mol. The topological polar surface area (TPSA) is 64.2 Å². The maximum absolute atomic E-state index is 12.8. The minimum absolute atomic E-state index is 0. The number of carbonyl (C=O) groups excluding carboxylic acids is 1. The highest BCUT2D eigenvalue weighted by atomic mass is 35.5. The molecule has 1 amide bonds. The van der Waals surface area contributed by atoms with E-state index in [1.807, 2.05) is 38.1 Å². The van der Waals surface area contributed by atoms with Gasteiger partial charge < -0.3 is 32.5 Å². The van der Waals surface area contributed by atoms with Crippen LogP contribution < -0.4 is 32.5 Å². The molecule has 0 spiro atoms. The lowest BCUT2D eigenvalue weighted by Crippen LogP contribution is -3.00. The molecule has 1 aliphatic rings. The third-order valence-electron chi connectivity index (χ3n) is 5.04. The molecular weight excluding hydrogens is 388 g/mol. The number of benzene rings is 2. The summed E-state index contributed by atoms with van der Waals surface area (Å²) in [7, 11) is 3.26. The van der Waals surface area contributed by atoms with Gasteiger partial charge in [-0.15, -0.1) is 0 Å². The highest BCUT2D eigenvalue weighted by Crippen LogP contribution is 2.35. The summed E-state index contributed by atoms with van der Waals surface area (Å²) < 4.78 is 10.9. The second-order valence-corrected chi connectivity index (χ2v) is 8.08. The Morgan fingerprint density at radius 2 is 1.76 bits per heavy atom. The van der Waals surface area contributed by atoms with Crippen LogP contribution in [0.15, 0.2) is 36.4 Å². The van der Waals surface area contributed by atoms with Crippen LogP contribution in [0.3, 0.4) is 0 Å². The number of nitrogens with one attached hydrogen (secondary N) is 1. The number of anilines is 1. The van der Waals surface area contributed by atoms with E-state index in [4.69, 9.17) is 9.47 Å². The Morgan fingerprint density at radius 1 is 1.10 bits per heavy atom. The van der Waals surface area contributed by atoms with E-state index < -0.39 is 0 Å². The smallest absolute Gasteiger partial charge is 0.254 e. The average molecular weight is 417 g/mol. The van der Waals surface area contributed by atoms with Crippen LogP contribution in [0.2, 0.25) is 0 Å². The van der Waals surface area contributed by atoms with Crippen LogP contribution in [0.1, 0.15) is 36.1 Å². The lowest BCUT2D eigenvalue weighted by Gasteiger charge is -2.31. The Bertz CT molecular complexity index is 951. The Balaban J connectivity index is 0.00000300. The predicted octanol–water partition coefficient (Wildman–Crippen LogP) is 0.202. The summed E-state index contributed by atoms with van der Waals surface area (Å²) in [6.45, 7) is 8.38. The van der Waals surface area contributed by atoms with E-state index in [1.54, 1.807) is 20.3 Å². The van der Waals surface area contributed by atoms with Gasteiger partial charge in [0.25, 0.3) is 5.91 Å². The zero-order chi connectivity index (χ0) is 20.5. The third-order valence-corrected chi connectivity index (χ3v) is 5.04. The molecular formula is C23H29ClN2O3. The molecule has 0 saturated carbocycles. The number of methoxy groups -OCH3 is 2. The second kappa shape index (κ2) is 8.89. The van der Waals surface area contributed by atoms with E-state index in [9.17, 15) is 4.79 Å². The van der Waals surface area contributed by atoms with Crippen molar-refractivity contribution >= 4 is 17.3 Å². The molecule has 2 aromatic carbocycles. The first-order chi connectivity index (χ1) is 13.2. The molecule has 0 bridgehead atoms. The summed E-state index contributed by atoms with van der Waals surface area (Å²) in [6, 6.07) is 9.97. The molecule has 3 rings (SSSR count). The molecule has 1 heterocycles. The quantitative estimate of drug-likeness (QED) is 0.700. The average Bonchev–Trinajstić information content (AvgIpc) is 2.62. The van der Waals surface area contributed by atoms with Crippen molar-refractivity contribution in [3.05, 3.63) is 58.7 Å². The van der Waals surface area contributed by atoms with Gasteiger partial charge in [-0.2, -0.15) is 0 Å². The highest BCUT2D eigenvalue weighted by Gasteiger charge is 2.34. The van der Waals surface area contributed by atoms with Gasteiger partial charge in [0.2, 0.25) is 0 Å². The van der Waals surface area contributed by atoms with Crippen molar-refractivity contribution in [2.45, 2.75) is 39.7 Å². The molecule has 6 heteroatoms. The van der Waals surface area contributed by atoms with Crippen LogP contribution in [0.5, 0.6) is 11.5 Å². The van der Waals surface area contributed by atoms with Crippen LogP contribution in [0.4, 0.5) is 5.69 Å². The normalized spacial score (nSPS) is 15.9. The summed E-state index contributed by atoms with van der Waals surface area (Å²) in [6.07, 6.45) is 2.55. The third kappa shape index (κ3) is 5.11. The zero-order valence-electron chi connectivity index (χ0n) is 17.9. The molecule has 0 aliphatic carbocycles. The molecule has 1 aliphatic heterocycles. The number of nitrogens with two attached hydrogens (primary N) is 1. The Hall–Kier alpha value is -2.50. The van der Waals surface area contributed by atoms with Crippen LogP contribution in [-0.2, 0) is 11.2 Å². The number of aryl methyl sites for hydroxylation is 2. The summed E-state index contributed by atoms with van der Waals surface area (Å²) in [4.78, 5) is 12.8. The fourth-order valence-electron chi connectivity index (χ4n) is 3.76. The summed E-state index contributed by atoms with van der Waals surface area (Å²) in [5.74, 6) is 1.23. The number of halogens is 1. The molecule has 0 saturated heterocycles. The Labute approximate surface area is 178 Å². The molecule has 3 N–H and O–H groups in total. The number of amides is 1. The first-order valence-electron chi connectivity index (χ1n) is 9.43. The van der Waals surface area contributed by atoms with Crippen LogP contribution >= 0.6 is 0 Å². The number of fused-ring (bicyclic) bond motifs is 1. The van der Waals surface area contributed by atoms with E-state index >= 15 is 0 Å². The van der Waals surface area contributed by atoms with Gasteiger partial charge in [0.1, 0.15) is 5.70 Å². The maximum Gasteiger partial charge on any atom is 0.254 e. The second-order valence-electron chi connectivity index (χ2n) is 8.08. The van der Waals surface area contributed by atoms with Crippen molar-refractivity contribution in [1.29, 1.82) is 0 Å². The lowest BCUT2D eigenvalue weighted by molar-refractivity contribution is -0.641. The van der Waals surface area contributed by atoms with Gasteiger partial charge in [-0.1, -0.05) is 17.7 Å². The molecule has 0 fully saturated rings. The van der Waals surface area contributed by atoms with E-state index in [2.05, 4.69) is 30.5 Å². The summed E-state index contributed by atoms with van der Waals surface area (Å²) >= 11 is 0. The fraction of sp³-hybridized carbons (Fsp3) is 0.348. The van der Waals surface area contributed by atoms with Crippen molar-refractivity contribution in [3.63, 3.8) is 0 Å². The largest absolute Gasteiger partial charge is 1.00 e. The number of carbonyl (C=O) groups is 1. The van der Waals surface area contributed by atoms with E-state index in [0.717, 1.165) is 34.5 Å². The maximum atomic E-state index is 12.8. The van der Waals surface area contributed by atoms with Gasteiger partial charge in [-0.25, -0.2) is 0 Å². The van der Waals surface area contributed by atoms with E-state index in [1.165, 1.54) is 5.56 Å². The summed E-state index contributed by atoms with van der Waals surface area (Å²) in [5.41, 5.74) is 6.05. The molecule has 29 heavy (non-hydrogen) atoms. The van der Waals surface area contributed by atoms with Gasteiger partial charge in [0.15, 0.2) is 11.5 Å².